The highest BCUT2D eigenvalue weighted by Gasteiger charge is 2.18. The summed E-state index contributed by atoms with van der Waals surface area (Å²) in [6, 6.07) is 0. The Kier molecular flexibility index (Phi) is 5.54. The van der Waals surface area contributed by atoms with Gasteiger partial charge in [-0.2, -0.15) is 0 Å². The van der Waals surface area contributed by atoms with Gasteiger partial charge >= 0.3 is 0 Å². The molecule has 1 saturated heterocycles. The predicted octanol–water partition coefficient (Wildman–Crippen LogP) is 1.16. The van der Waals surface area contributed by atoms with Gasteiger partial charge in [0, 0.05) is 38.6 Å². The Bertz CT molecular complexity index is 368. The maximum absolute atomic E-state index is 9.20. The quantitative estimate of drug-likeness (QED) is 0.807. The molecule has 2 N–H and O–H groups in total. The van der Waals surface area contributed by atoms with Gasteiger partial charge in [-0.25, -0.2) is 9.97 Å². The summed E-state index contributed by atoms with van der Waals surface area (Å²) in [6.45, 7) is 6.38. The maximum Gasteiger partial charge on any atom is 0.222 e. The van der Waals surface area contributed by atoms with E-state index in [0.29, 0.717) is 18.5 Å². The minimum atomic E-state index is 0.311. The molecule has 2 rings (SSSR count). The van der Waals surface area contributed by atoms with E-state index >= 15 is 0 Å². The second kappa shape index (κ2) is 7.40. The lowest BCUT2D eigenvalue weighted by molar-refractivity contribution is 0.123. The van der Waals surface area contributed by atoms with Gasteiger partial charge in [0.1, 0.15) is 0 Å². The fourth-order valence-electron chi connectivity index (χ4n) is 2.46. The lowest BCUT2D eigenvalue weighted by atomic mass is 9.99. The molecule has 1 aromatic heterocycles. The molecular weight excluding hydrogens is 240 g/mol. The molecule has 106 valence electrons. The number of hydrogen-bond acceptors (Lipinski definition) is 5. The number of aryl methyl sites for hydroxylation is 1. The highest BCUT2D eigenvalue weighted by atomic mass is 16.3. The first-order valence-electron chi connectivity index (χ1n) is 7.19. The molecule has 0 amide bonds. The van der Waals surface area contributed by atoms with Crippen molar-refractivity contribution in [2.75, 3.05) is 38.1 Å². The van der Waals surface area contributed by atoms with E-state index in [1.807, 2.05) is 12.4 Å². The summed E-state index contributed by atoms with van der Waals surface area (Å²) in [4.78, 5) is 11.0. The van der Waals surface area contributed by atoms with Crippen molar-refractivity contribution in [2.24, 2.45) is 5.92 Å². The molecule has 0 unspecified atom stereocenters. The summed E-state index contributed by atoms with van der Waals surface area (Å²) >= 11 is 0. The molecule has 1 atom stereocenters. The van der Waals surface area contributed by atoms with Crippen LogP contribution >= 0.6 is 0 Å². The van der Waals surface area contributed by atoms with Crippen LogP contribution in [0.2, 0.25) is 0 Å². The van der Waals surface area contributed by atoms with Gasteiger partial charge in [-0.3, -0.25) is 0 Å². The van der Waals surface area contributed by atoms with Crippen LogP contribution in [0.15, 0.2) is 12.4 Å². The van der Waals surface area contributed by atoms with Gasteiger partial charge in [-0.05, 0) is 37.3 Å². The van der Waals surface area contributed by atoms with Crippen LogP contribution in [-0.2, 0) is 6.42 Å². The molecule has 1 fully saturated rings. The molecule has 1 aliphatic rings. The third-order valence-electron chi connectivity index (χ3n) is 3.69. The van der Waals surface area contributed by atoms with Gasteiger partial charge in [-0.15, -0.1) is 0 Å². The molecule has 5 heteroatoms. The summed E-state index contributed by atoms with van der Waals surface area (Å²) in [5.74, 6) is 1.15. The monoisotopic (exact) mass is 264 g/mol. The summed E-state index contributed by atoms with van der Waals surface area (Å²) in [6.07, 6.45) is 7.06. The van der Waals surface area contributed by atoms with Gasteiger partial charge in [0.05, 0.1) is 0 Å². The minimum Gasteiger partial charge on any atom is -0.396 e. The Morgan fingerprint density at radius 3 is 2.89 bits per heavy atom. The average Bonchev–Trinajstić information content (AvgIpc) is 2.48. The van der Waals surface area contributed by atoms with Crippen LogP contribution in [-0.4, -0.2) is 52.8 Å². The first-order chi connectivity index (χ1) is 9.31. The van der Waals surface area contributed by atoms with Crippen molar-refractivity contribution in [1.29, 1.82) is 0 Å². The smallest absolute Gasteiger partial charge is 0.222 e. The van der Waals surface area contributed by atoms with Crippen molar-refractivity contribution in [1.82, 2.24) is 14.9 Å². The molecule has 0 radical (unpaired) electrons. The molecule has 0 saturated carbocycles. The number of rotatable bonds is 6. The van der Waals surface area contributed by atoms with Crippen LogP contribution in [0.4, 0.5) is 5.95 Å². The third-order valence-corrected chi connectivity index (χ3v) is 3.69. The van der Waals surface area contributed by atoms with Crippen molar-refractivity contribution in [2.45, 2.75) is 26.2 Å². The second-order valence-corrected chi connectivity index (χ2v) is 5.19. The second-order valence-electron chi connectivity index (χ2n) is 5.19. The Morgan fingerprint density at radius 1 is 1.42 bits per heavy atom. The van der Waals surface area contributed by atoms with Crippen LogP contribution in [0.5, 0.6) is 0 Å². The summed E-state index contributed by atoms with van der Waals surface area (Å²) < 4.78 is 0. The van der Waals surface area contributed by atoms with Crippen molar-refractivity contribution in [3.8, 4) is 0 Å². The molecule has 0 spiro atoms. The van der Waals surface area contributed by atoms with E-state index in [1.54, 1.807) is 0 Å². The highest BCUT2D eigenvalue weighted by molar-refractivity contribution is 5.24. The van der Waals surface area contributed by atoms with Gasteiger partial charge in [0.2, 0.25) is 5.95 Å². The van der Waals surface area contributed by atoms with E-state index in [9.17, 15) is 5.11 Å². The first kappa shape index (κ1) is 14.2. The summed E-state index contributed by atoms with van der Waals surface area (Å²) in [5.41, 5.74) is 1.16. The number of hydrogen-bond donors (Lipinski definition) is 2. The third kappa shape index (κ3) is 4.44. The average molecular weight is 264 g/mol. The number of nitrogens with one attached hydrogen (secondary N) is 1. The van der Waals surface area contributed by atoms with Crippen LogP contribution in [0.1, 0.15) is 25.3 Å². The molecule has 2 heterocycles. The van der Waals surface area contributed by atoms with E-state index in [-0.39, 0.29) is 0 Å². The number of likely N-dealkylation sites (tertiary alicyclic amines) is 1. The number of aromatic nitrogens is 2. The molecule has 0 aliphatic carbocycles. The van der Waals surface area contributed by atoms with E-state index in [4.69, 9.17) is 0 Å². The normalized spacial score (nSPS) is 20.4. The molecule has 0 aromatic carbocycles. The van der Waals surface area contributed by atoms with Gasteiger partial charge < -0.3 is 15.3 Å². The van der Waals surface area contributed by atoms with E-state index in [0.717, 1.165) is 44.6 Å². The number of anilines is 1. The molecule has 1 aliphatic heterocycles. The van der Waals surface area contributed by atoms with Crippen LogP contribution in [0, 0.1) is 5.92 Å². The topological polar surface area (TPSA) is 61.3 Å². The van der Waals surface area contributed by atoms with Crippen LogP contribution < -0.4 is 5.32 Å². The number of piperidine rings is 1. The SMILES string of the molecule is CCc1cnc(NCCN2CCC[C@@H](CO)C2)nc1. The van der Waals surface area contributed by atoms with Crippen molar-refractivity contribution >= 4 is 5.95 Å². The van der Waals surface area contributed by atoms with E-state index in [2.05, 4.69) is 27.1 Å². The Hall–Kier alpha value is -1.20. The fourth-order valence-corrected chi connectivity index (χ4v) is 2.46. The van der Waals surface area contributed by atoms with Crippen molar-refractivity contribution in [3.63, 3.8) is 0 Å². The standard InChI is InChI=1S/C14H24N4O/c1-2-12-8-16-14(17-9-12)15-5-7-18-6-3-4-13(10-18)11-19/h8-9,13,19H,2-7,10-11H2,1H3,(H,15,16,17)/t13-/m1/s1. The summed E-state index contributed by atoms with van der Waals surface area (Å²) in [5, 5.41) is 12.4. The zero-order chi connectivity index (χ0) is 13.5. The maximum atomic E-state index is 9.20. The van der Waals surface area contributed by atoms with Crippen LogP contribution in [0.3, 0.4) is 0 Å². The van der Waals surface area contributed by atoms with Crippen molar-refractivity contribution in [3.05, 3.63) is 18.0 Å². The number of aliphatic hydroxyl groups excluding tert-OH is 1. The zero-order valence-electron chi connectivity index (χ0n) is 11.7. The molecular formula is C14H24N4O. The Morgan fingerprint density at radius 2 is 2.21 bits per heavy atom. The molecule has 1 aromatic rings. The van der Waals surface area contributed by atoms with Gasteiger partial charge in [0.25, 0.3) is 0 Å². The van der Waals surface area contributed by atoms with Gasteiger partial charge in [0.15, 0.2) is 0 Å². The zero-order valence-corrected chi connectivity index (χ0v) is 11.7. The van der Waals surface area contributed by atoms with Gasteiger partial charge in [-0.1, -0.05) is 6.92 Å². The highest BCUT2D eigenvalue weighted by Crippen LogP contribution is 2.15. The number of aliphatic hydroxyl groups is 1. The number of nitrogens with zero attached hydrogens (tertiary/aromatic N) is 3. The lowest BCUT2D eigenvalue weighted by Crippen LogP contribution is -2.39. The van der Waals surface area contributed by atoms with E-state index in [1.165, 1.54) is 6.42 Å². The first-order valence-corrected chi connectivity index (χ1v) is 7.19. The molecule has 0 bridgehead atoms. The molecule has 19 heavy (non-hydrogen) atoms. The van der Waals surface area contributed by atoms with E-state index < -0.39 is 0 Å². The van der Waals surface area contributed by atoms with Crippen LogP contribution in [0.25, 0.3) is 0 Å². The fraction of sp³-hybridized carbons (Fsp3) is 0.714. The minimum absolute atomic E-state index is 0.311. The predicted molar refractivity (Wildman–Crippen MR) is 76.1 cm³/mol. The molecule has 5 nitrogen and oxygen atoms in total. The lowest BCUT2D eigenvalue weighted by Gasteiger charge is -2.31. The largest absolute Gasteiger partial charge is 0.396 e. The Balaban J connectivity index is 1.70. The van der Waals surface area contributed by atoms with Crippen molar-refractivity contribution < 1.29 is 5.11 Å². The summed E-state index contributed by atoms with van der Waals surface area (Å²) in [7, 11) is 0. The Labute approximate surface area is 115 Å².